The van der Waals surface area contributed by atoms with E-state index in [0.29, 0.717) is 5.92 Å². The Hall–Kier alpha value is -0.610. The number of ether oxygens (including phenoxy) is 2. The number of hydrogen-bond acceptors (Lipinski definition) is 3. The van der Waals surface area contributed by atoms with Gasteiger partial charge in [-0.05, 0) is 17.3 Å². The topological polar surface area (TPSA) is 55.8 Å². The molecule has 0 aromatic heterocycles. The van der Waals surface area contributed by atoms with Crippen LogP contribution in [0.15, 0.2) is 0 Å². The maximum absolute atomic E-state index is 11.0. The quantitative estimate of drug-likeness (QED) is 0.709. The maximum Gasteiger partial charge on any atom is 0.306 e. The summed E-state index contributed by atoms with van der Waals surface area (Å²) in [5.74, 6) is -0.428. The summed E-state index contributed by atoms with van der Waals surface area (Å²) >= 11 is 0. The Morgan fingerprint density at radius 3 is 2.25 bits per heavy atom. The van der Waals surface area contributed by atoms with Crippen LogP contribution in [0.5, 0.6) is 0 Å². The first-order valence-corrected chi connectivity index (χ1v) is 5.64. The average Bonchev–Trinajstić information content (AvgIpc) is 2.75. The van der Waals surface area contributed by atoms with Crippen LogP contribution in [0.2, 0.25) is 0 Å². The predicted octanol–water partition coefficient (Wildman–Crippen LogP) is 1.99. The van der Waals surface area contributed by atoms with Crippen LogP contribution in [-0.2, 0) is 14.3 Å². The lowest BCUT2D eigenvalue weighted by Crippen LogP contribution is -2.17. The highest BCUT2D eigenvalue weighted by Gasteiger charge is 2.61. The number of hydrogen-bond donors (Lipinski definition) is 1. The fraction of sp³-hybridized carbons (Fsp3) is 0.917. The third-order valence-electron chi connectivity index (χ3n) is 4.04. The van der Waals surface area contributed by atoms with Crippen molar-refractivity contribution in [2.24, 2.45) is 23.2 Å². The predicted molar refractivity (Wildman–Crippen MR) is 60.0 cm³/mol. The molecule has 4 heteroatoms. The molecule has 4 nitrogen and oxygen atoms in total. The van der Waals surface area contributed by atoms with Gasteiger partial charge in [-0.25, -0.2) is 0 Å². The first-order valence-electron chi connectivity index (χ1n) is 5.64. The van der Waals surface area contributed by atoms with Crippen LogP contribution in [0.25, 0.3) is 0 Å². The molecule has 0 amide bonds. The monoisotopic (exact) mass is 230 g/mol. The van der Waals surface area contributed by atoms with Gasteiger partial charge in [0.15, 0.2) is 6.29 Å². The van der Waals surface area contributed by atoms with Gasteiger partial charge in [-0.3, -0.25) is 4.79 Å². The van der Waals surface area contributed by atoms with E-state index in [1.54, 1.807) is 21.1 Å². The summed E-state index contributed by atoms with van der Waals surface area (Å²) < 4.78 is 10.3. The van der Waals surface area contributed by atoms with Crippen molar-refractivity contribution in [2.75, 3.05) is 14.2 Å². The van der Waals surface area contributed by atoms with Gasteiger partial charge in [-0.2, -0.15) is 0 Å². The Kier molecular flexibility index (Phi) is 3.97. The molecule has 16 heavy (non-hydrogen) atoms. The zero-order chi connectivity index (χ0) is 12.5. The first-order chi connectivity index (χ1) is 7.36. The van der Waals surface area contributed by atoms with Crippen molar-refractivity contribution in [1.82, 2.24) is 0 Å². The largest absolute Gasteiger partial charge is 0.481 e. The van der Waals surface area contributed by atoms with E-state index in [9.17, 15) is 4.79 Å². The number of carbonyl (C=O) groups is 1. The van der Waals surface area contributed by atoms with E-state index in [-0.39, 0.29) is 23.5 Å². The van der Waals surface area contributed by atoms with Crippen molar-refractivity contribution in [2.45, 2.75) is 33.5 Å². The highest BCUT2D eigenvalue weighted by molar-refractivity contribution is 5.70. The van der Waals surface area contributed by atoms with Gasteiger partial charge in [0.1, 0.15) is 0 Å². The minimum absolute atomic E-state index is 0.0765. The molecule has 0 heterocycles. The minimum atomic E-state index is -0.716. The third-order valence-corrected chi connectivity index (χ3v) is 4.04. The molecule has 1 aliphatic carbocycles. The van der Waals surface area contributed by atoms with Crippen molar-refractivity contribution in [1.29, 1.82) is 0 Å². The van der Waals surface area contributed by atoms with Crippen LogP contribution in [0.1, 0.15) is 27.2 Å². The van der Waals surface area contributed by atoms with E-state index in [2.05, 4.69) is 13.8 Å². The summed E-state index contributed by atoms with van der Waals surface area (Å²) in [7, 11) is 3.22. The zero-order valence-corrected chi connectivity index (χ0v) is 10.7. The molecule has 0 aliphatic heterocycles. The van der Waals surface area contributed by atoms with Crippen molar-refractivity contribution in [3.63, 3.8) is 0 Å². The van der Waals surface area contributed by atoms with Gasteiger partial charge in [-0.15, -0.1) is 0 Å². The van der Waals surface area contributed by atoms with Crippen molar-refractivity contribution in [3.05, 3.63) is 0 Å². The lowest BCUT2D eigenvalue weighted by molar-refractivity contribution is -0.142. The third kappa shape index (κ3) is 2.38. The summed E-state index contributed by atoms with van der Waals surface area (Å²) in [5.41, 5.74) is 0.0765. The average molecular weight is 230 g/mol. The van der Waals surface area contributed by atoms with Crippen molar-refractivity contribution < 1.29 is 19.4 Å². The molecule has 1 fully saturated rings. The Morgan fingerprint density at radius 2 is 1.88 bits per heavy atom. The summed E-state index contributed by atoms with van der Waals surface area (Å²) in [6, 6.07) is 0. The number of rotatable bonds is 6. The lowest BCUT2D eigenvalue weighted by atomic mass is 9.99. The molecule has 1 aliphatic rings. The normalized spacial score (nSPS) is 29.1. The molecule has 1 saturated carbocycles. The number of carboxylic acid groups (broad SMARTS) is 1. The van der Waals surface area contributed by atoms with E-state index >= 15 is 0 Å². The summed E-state index contributed by atoms with van der Waals surface area (Å²) in [4.78, 5) is 11.0. The maximum atomic E-state index is 11.0. The number of carboxylic acids is 1. The lowest BCUT2D eigenvalue weighted by Gasteiger charge is -2.13. The Balaban J connectivity index is 2.60. The fourth-order valence-electron chi connectivity index (χ4n) is 2.88. The molecule has 1 rings (SSSR count). The molecule has 0 bridgehead atoms. The molecule has 94 valence electrons. The van der Waals surface area contributed by atoms with Crippen LogP contribution in [-0.4, -0.2) is 31.6 Å². The van der Waals surface area contributed by atoms with Gasteiger partial charge >= 0.3 is 5.97 Å². The van der Waals surface area contributed by atoms with E-state index in [4.69, 9.17) is 14.6 Å². The van der Waals surface area contributed by atoms with Crippen LogP contribution in [0, 0.1) is 23.2 Å². The summed E-state index contributed by atoms with van der Waals surface area (Å²) in [6.45, 7) is 6.01. The molecule has 0 radical (unpaired) electrons. The highest BCUT2D eigenvalue weighted by atomic mass is 16.7. The van der Waals surface area contributed by atoms with Crippen LogP contribution < -0.4 is 0 Å². The fourth-order valence-corrected chi connectivity index (χ4v) is 2.88. The smallest absolute Gasteiger partial charge is 0.306 e. The number of aliphatic carboxylic acids is 1. The highest BCUT2D eigenvalue weighted by Crippen LogP contribution is 2.63. The zero-order valence-electron chi connectivity index (χ0n) is 10.7. The molecule has 1 N–H and O–H groups in total. The van der Waals surface area contributed by atoms with Gasteiger partial charge in [0.2, 0.25) is 0 Å². The molecule has 3 atom stereocenters. The van der Waals surface area contributed by atoms with Gasteiger partial charge in [0.25, 0.3) is 0 Å². The van der Waals surface area contributed by atoms with E-state index in [0.717, 1.165) is 6.42 Å². The van der Waals surface area contributed by atoms with E-state index < -0.39 is 5.97 Å². The second-order valence-corrected chi connectivity index (χ2v) is 5.22. The minimum Gasteiger partial charge on any atom is -0.481 e. The Labute approximate surface area is 96.9 Å². The molecular weight excluding hydrogens is 208 g/mol. The van der Waals surface area contributed by atoms with Gasteiger partial charge in [0, 0.05) is 20.6 Å². The molecule has 0 spiro atoms. The van der Waals surface area contributed by atoms with Gasteiger partial charge in [-0.1, -0.05) is 20.8 Å². The van der Waals surface area contributed by atoms with E-state index in [1.165, 1.54) is 0 Å². The molecule has 0 aromatic rings. The Bertz CT molecular complexity index is 258. The molecular formula is C12H22O4. The SMILES string of the molecule is COC(C[C@@H]1[C@H](C(C)C(=O)O)C1(C)C)OC. The van der Waals surface area contributed by atoms with Gasteiger partial charge < -0.3 is 14.6 Å². The second-order valence-electron chi connectivity index (χ2n) is 5.22. The molecule has 1 unspecified atom stereocenters. The first kappa shape index (κ1) is 13.5. The molecule has 0 aromatic carbocycles. The Morgan fingerprint density at radius 1 is 1.38 bits per heavy atom. The van der Waals surface area contributed by atoms with Gasteiger partial charge in [0.05, 0.1) is 5.92 Å². The summed E-state index contributed by atoms with van der Waals surface area (Å²) in [5, 5.41) is 9.03. The van der Waals surface area contributed by atoms with Crippen molar-refractivity contribution >= 4 is 5.97 Å². The van der Waals surface area contributed by atoms with Crippen LogP contribution in [0.3, 0.4) is 0 Å². The second kappa shape index (κ2) is 4.72. The van der Waals surface area contributed by atoms with Crippen LogP contribution >= 0.6 is 0 Å². The van der Waals surface area contributed by atoms with E-state index in [1.807, 2.05) is 0 Å². The summed E-state index contributed by atoms with van der Waals surface area (Å²) in [6.07, 6.45) is 0.540. The van der Waals surface area contributed by atoms with Crippen molar-refractivity contribution in [3.8, 4) is 0 Å². The molecule has 0 saturated heterocycles. The standard InChI is InChI=1S/C12H22O4/c1-7(11(13)14)10-8(12(10,2)3)6-9(15-4)16-5/h7-10H,6H2,1-5H3,(H,13,14)/t7?,8-,10+/m1/s1. The number of methoxy groups -OCH3 is 2. The van der Waals surface area contributed by atoms with Crippen LogP contribution in [0.4, 0.5) is 0 Å².